The summed E-state index contributed by atoms with van der Waals surface area (Å²) in [6.07, 6.45) is 18.9. The fourth-order valence-electron chi connectivity index (χ4n) is 8.88. The quantitative estimate of drug-likeness (QED) is 0.119. The van der Waals surface area contributed by atoms with E-state index in [-0.39, 0.29) is 30.1 Å². The number of benzene rings is 1. The highest BCUT2D eigenvalue weighted by Gasteiger charge is 2.33. The van der Waals surface area contributed by atoms with Crippen molar-refractivity contribution in [2.75, 3.05) is 73.7 Å². The van der Waals surface area contributed by atoms with Gasteiger partial charge in [0.15, 0.2) is 0 Å². The molecule has 2 heterocycles. The summed E-state index contributed by atoms with van der Waals surface area (Å²) in [7, 11) is 5.61. The van der Waals surface area contributed by atoms with Crippen LogP contribution in [0.2, 0.25) is 10.0 Å². The number of hydrogen-bond donors (Lipinski definition) is 4. The Morgan fingerprint density at radius 3 is 1.89 bits per heavy atom. The first-order valence-electron chi connectivity index (χ1n) is 20.8. The SMILES string of the molecule is CNC[C@@H](CC1CCCC1)NC(=O)N1CCCCC1.CNC[C@H](CC1CCCC1)NC(=O)N1CCC[C@@H]([C@@H](OCCCOC)c2cccc(Cl)c2Cl)C1. The summed E-state index contributed by atoms with van der Waals surface area (Å²) >= 11 is 12.9. The van der Waals surface area contributed by atoms with Crippen molar-refractivity contribution in [2.24, 2.45) is 17.8 Å². The number of nitrogens with one attached hydrogen (secondary N) is 4. The zero-order valence-corrected chi connectivity index (χ0v) is 34.5. The molecule has 4 N–H and O–H groups in total. The third-order valence-electron chi connectivity index (χ3n) is 11.6. The molecule has 5 rings (SSSR count). The van der Waals surface area contributed by atoms with Crippen LogP contribution in [0.15, 0.2) is 18.2 Å². The van der Waals surface area contributed by atoms with Crippen LogP contribution < -0.4 is 21.3 Å². The van der Waals surface area contributed by atoms with Gasteiger partial charge in [0.05, 0.1) is 16.1 Å². The van der Waals surface area contributed by atoms with E-state index in [1.54, 1.807) is 13.2 Å². The molecular formula is C41H70Cl2N6O4. The minimum Gasteiger partial charge on any atom is -0.385 e. The molecule has 302 valence electrons. The molecule has 12 heteroatoms. The van der Waals surface area contributed by atoms with Crippen molar-refractivity contribution in [3.63, 3.8) is 0 Å². The highest BCUT2D eigenvalue weighted by Crippen LogP contribution is 2.39. The first-order chi connectivity index (χ1) is 25.8. The van der Waals surface area contributed by atoms with Gasteiger partial charge < -0.3 is 40.5 Å². The lowest BCUT2D eigenvalue weighted by Crippen LogP contribution is -2.51. The van der Waals surface area contributed by atoms with Crippen LogP contribution in [0.5, 0.6) is 0 Å². The maximum absolute atomic E-state index is 13.3. The lowest BCUT2D eigenvalue weighted by molar-refractivity contribution is -0.0167. The van der Waals surface area contributed by atoms with Gasteiger partial charge in [-0.25, -0.2) is 9.59 Å². The van der Waals surface area contributed by atoms with Crippen molar-refractivity contribution in [1.82, 2.24) is 31.1 Å². The Morgan fingerprint density at radius 2 is 1.32 bits per heavy atom. The third kappa shape index (κ3) is 15.0. The van der Waals surface area contributed by atoms with E-state index in [1.807, 2.05) is 36.0 Å². The second-order valence-corrected chi connectivity index (χ2v) is 16.6. The Labute approximate surface area is 330 Å². The van der Waals surface area contributed by atoms with E-state index < -0.39 is 0 Å². The Bertz CT molecular complexity index is 1190. The van der Waals surface area contributed by atoms with Gasteiger partial charge in [-0.15, -0.1) is 0 Å². The zero-order valence-electron chi connectivity index (χ0n) is 33.0. The summed E-state index contributed by atoms with van der Waals surface area (Å²) in [6.45, 7) is 6.15. The van der Waals surface area contributed by atoms with Gasteiger partial charge in [-0.1, -0.05) is 86.7 Å². The van der Waals surface area contributed by atoms with Crippen LogP contribution in [0.4, 0.5) is 9.59 Å². The van der Waals surface area contributed by atoms with E-state index in [1.165, 1.54) is 57.8 Å². The third-order valence-corrected chi connectivity index (χ3v) is 12.5. The lowest BCUT2D eigenvalue weighted by Gasteiger charge is -2.38. The molecule has 2 aliphatic heterocycles. The normalized spacial score (nSPS) is 21.5. The monoisotopic (exact) mass is 780 g/mol. The Balaban J connectivity index is 0.000000278. The molecule has 0 unspecified atom stereocenters. The predicted octanol–water partition coefficient (Wildman–Crippen LogP) is 8.03. The van der Waals surface area contributed by atoms with Gasteiger partial charge in [0.25, 0.3) is 0 Å². The predicted molar refractivity (Wildman–Crippen MR) is 217 cm³/mol. The molecule has 1 aromatic carbocycles. The number of methoxy groups -OCH3 is 1. The topological polar surface area (TPSA) is 107 Å². The van der Waals surface area contributed by atoms with Crippen LogP contribution in [0.1, 0.15) is 114 Å². The van der Waals surface area contributed by atoms with Crippen LogP contribution in [0, 0.1) is 17.8 Å². The molecule has 2 saturated carbocycles. The maximum atomic E-state index is 13.3. The molecule has 0 bridgehead atoms. The van der Waals surface area contributed by atoms with Crippen LogP contribution in [0.25, 0.3) is 0 Å². The number of ether oxygens (including phenoxy) is 2. The summed E-state index contributed by atoms with van der Waals surface area (Å²) < 4.78 is 11.5. The highest BCUT2D eigenvalue weighted by atomic mass is 35.5. The van der Waals surface area contributed by atoms with Crippen molar-refractivity contribution in [1.29, 1.82) is 0 Å². The van der Waals surface area contributed by atoms with Gasteiger partial charge in [-0.3, -0.25) is 0 Å². The van der Waals surface area contributed by atoms with Gasteiger partial charge in [-0.05, 0) is 83.4 Å². The molecule has 2 saturated heterocycles. The number of nitrogens with zero attached hydrogens (tertiary/aromatic N) is 2. The number of piperidine rings is 2. The fourth-order valence-corrected chi connectivity index (χ4v) is 9.30. The molecule has 4 amide bonds. The minimum absolute atomic E-state index is 0.0262. The molecular weight excluding hydrogens is 711 g/mol. The standard InChI is InChI=1S/C26H41Cl2N3O3.C15H29N3O/c1-29-17-21(16-19-8-3-4-9-19)30-26(32)31-13-6-10-20(18-31)25(34-15-7-14-33-2)22-11-5-12-23(27)24(22)28;1-16-12-14(11-13-7-3-4-8-13)17-15(19)18-9-5-2-6-10-18/h5,11-12,19-21,25,29H,3-4,6-10,13-18H2,1-2H3,(H,30,32);13-14,16H,2-12H2,1H3,(H,17,19)/t20-,21+,25-;14-/m11/s1. The zero-order chi connectivity index (χ0) is 37.8. The number of carbonyl (C=O) groups excluding carboxylic acids is 2. The van der Waals surface area contributed by atoms with Gasteiger partial charge >= 0.3 is 12.1 Å². The summed E-state index contributed by atoms with van der Waals surface area (Å²) in [6, 6.07) is 6.32. The fraction of sp³-hybridized carbons (Fsp3) is 0.805. The van der Waals surface area contributed by atoms with E-state index >= 15 is 0 Å². The largest absolute Gasteiger partial charge is 0.385 e. The van der Waals surface area contributed by atoms with Gasteiger partial charge in [0.1, 0.15) is 0 Å². The molecule has 4 atom stereocenters. The first kappa shape index (κ1) is 43.9. The smallest absolute Gasteiger partial charge is 0.317 e. The average Bonchev–Trinajstić information content (AvgIpc) is 3.89. The van der Waals surface area contributed by atoms with Crippen LogP contribution in [-0.4, -0.2) is 108 Å². The number of rotatable bonds is 17. The van der Waals surface area contributed by atoms with E-state index in [0.29, 0.717) is 35.8 Å². The van der Waals surface area contributed by atoms with Crippen molar-refractivity contribution in [2.45, 2.75) is 121 Å². The van der Waals surface area contributed by atoms with Gasteiger partial charge in [0.2, 0.25) is 0 Å². The van der Waals surface area contributed by atoms with Crippen molar-refractivity contribution < 1.29 is 19.1 Å². The summed E-state index contributed by atoms with van der Waals surface area (Å²) in [4.78, 5) is 29.4. The number of halogens is 2. The molecule has 0 aromatic heterocycles. The van der Waals surface area contributed by atoms with E-state index in [4.69, 9.17) is 32.7 Å². The molecule has 2 aliphatic carbocycles. The second kappa shape index (κ2) is 24.6. The average molecular weight is 782 g/mol. The summed E-state index contributed by atoms with van der Waals surface area (Å²) in [5, 5.41) is 14.1. The molecule has 0 radical (unpaired) electrons. The molecule has 1 aromatic rings. The first-order valence-corrected chi connectivity index (χ1v) is 21.5. The minimum atomic E-state index is -0.217. The molecule has 4 fully saturated rings. The molecule has 0 spiro atoms. The van der Waals surface area contributed by atoms with Crippen LogP contribution in [0.3, 0.4) is 0 Å². The van der Waals surface area contributed by atoms with E-state index in [0.717, 1.165) is 95.1 Å². The summed E-state index contributed by atoms with van der Waals surface area (Å²) in [5.41, 5.74) is 0.896. The lowest BCUT2D eigenvalue weighted by atomic mass is 9.88. The maximum Gasteiger partial charge on any atom is 0.317 e. The van der Waals surface area contributed by atoms with Crippen molar-refractivity contribution in [3.05, 3.63) is 33.8 Å². The number of hydrogen-bond acceptors (Lipinski definition) is 6. The number of urea groups is 2. The Kier molecular flexibility index (Phi) is 20.4. The summed E-state index contributed by atoms with van der Waals surface area (Å²) in [5.74, 6) is 1.69. The Hall–Kier alpha value is -1.82. The number of likely N-dealkylation sites (N-methyl/N-ethyl adjacent to an activating group) is 2. The molecule has 10 nitrogen and oxygen atoms in total. The molecule has 53 heavy (non-hydrogen) atoms. The highest BCUT2D eigenvalue weighted by molar-refractivity contribution is 6.42. The number of likely N-dealkylation sites (tertiary alicyclic amines) is 2. The van der Waals surface area contributed by atoms with Crippen LogP contribution >= 0.6 is 23.2 Å². The van der Waals surface area contributed by atoms with E-state index in [2.05, 4.69) is 21.3 Å². The van der Waals surface area contributed by atoms with Crippen LogP contribution in [-0.2, 0) is 9.47 Å². The Morgan fingerprint density at radius 1 is 0.755 bits per heavy atom. The second-order valence-electron chi connectivity index (χ2n) is 15.9. The van der Waals surface area contributed by atoms with Gasteiger partial charge in [0, 0.05) is 83.2 Å². The van der Waals surface area contributed by atoms with Crippen molar-refractivity contribution in [3.8, 4) is 0 Å². The van der Waals surface area contributed by atoms with Crippen molar-refractivity contribution >= 4 is 35.3 Å². The molecule has 4 aliphatic rings. The number of carbonyl (C=O) groups is 2. The van der Waals surface area contributed by atoms with Gasteiger partial charge in [-0.2, -0.15) is 0 Å². The van der Waals surface area contributed by atoms with E-state index in [9.17, 15) is 9.59 Å². The number of amides is 4.